The highest BCUT2D eigenvalue weighted by atomic mass is 16.5. The molecule has 4 nitrogen and oxygen atoms in total. The van der Waals surface area contributed by atoms with Gasteiger partial charge in [0.1, 0.15) is 12.4 Å². The molecule has 0 spiro atoms. The maximum atomic E-state index is 5.87. The monoisotopic (exact) mass is 374 g/mol. The van der Waals surface area contributed by atoms with E-state index in [4.69, 9.17) is 9.47 Å². The lowest BCUT2D eigenvalue weighted by molar-refractivity contribution is 0.124. The molecule has 1 atom stereocenters. The minimum Gasteiger partial charge on any atom is -0.490 e. The summed E-state index contributed by atoms with van der Waals surface area (Å²) in [6.45, 7) is 3.11. The van der Waals surface area contributed by atoms with Gasteiger partial charge < -0.3 is 14.8 Å². The maximum absolute atomic E-state index is 5.87. The molecule has 4 rings (SSSR count). The molecule has 1 aliphatic heterocycles. The van der Waals surface area contributed by atoms with Gasteiger partial charge in [-0.3, -0.25) is 4.98 Å². The van der Waals surface area contributed by atoms with Crippen LogP contribution in [0.3, 0.4) is 0 Å². The van der Waals surface area contributed by atoms with Crippen molar-refractivity contribution < 1.29 is 9.47 Å². The van der Waals surface area contributed by atoms with E-state index in [1.165, 1.54) is 12.0 Å². The van der Waals surface area contributed by atoms with E-state index in [0.717, 1.165) is 35.4 Å². The summed E-state index contributed by atoms with van der Waals surface area (Å²) in [7, 11) is 0. The number of benzene rings is 2. The van der Waals surface area contributed by atoms with Gasteiger partial charge in [0, 0.05) is 17.8 Å². The zero-order chi connectivity index (χ0) is 19.0. The Bertz CT molecular complexity index is 879. The molecular weight excluding hydrogens is 348 g/mol. The van der Waals surface area contributed by atoms with Crippen LogP contribution >= 0.6 is 0 Å². The molecule has 28 heavy (non-hydrogen) atoms. The maximum Gasteiger partial charge on any atom is 0.138 e. The third kappa shape index (κ3) is 5.18. The molecule has 0 amide bonds. The van der Waals surface area contributed by atoms with Crippen LogP contribution in [0, 0.1) is 0 Å². The van der Waals surface area contributed by atoms with Crippen LogP contribution in [0.5, 0.6) is 5.75 Å². The van der Waals surface area contributed by atoms with Gasteiger partial charge in [0.15, 0.2) is 0 Å². The van der Waals surface area contributed by atoms with Gasteiger partial charge in [0.05, 0.1) is 19.4 Å². The molecule has 1 fully saturated rings. The smallest absolute Gasteiger partial charge is 0.138 e. The van der Waals surface area contributed by atoms with Crippen molar-refractivity contribution in [3.8, 4) is 16.9 Å². The number of pyridine rings is 1. The number of ether oxygens (including phenoxy) is 2. The number of nitrogens with one attached hydrogen (secondary N) is 1. The van der Waals surface area contributed by atoms with Crippen molar-refractivity contribution in [3.05, 3.63) is 84.2 Å². The Kier molecular flexibility index (Phi) is 6.32. The Hall–Kier alpha value is -2.69. The zero-order valence-electron chi connectivity index (χ0n) is 16.0. The number of hydrogen-bond acceptors (Lipinski definition) is 4. The van der Waals surface area contributed by atoms with Crippen LogP contribution in [0.25, 0.3) is 11.1 Å². The van der Waals surface area contributed by atoms with Crippen LogP contribution in [0.15, 0.2) is 73.1 Å². The van der Waals surface area contributed by atoms with E-state index in [2.05, 4.69) is 64.9 Å². The van der Waals surface area contributed by atoms with E-state index in [0.29, 0.717) is 25.9 Å². The summed E-state index contributed by atoms with van der Waals surface area (Å²) in [4.78, 5) is 4.34. The minimum absolute atomic E-state index is 0.472. The SMILES string of the molecule is c1ccc(CCOCc2cccc(-c3cncc(OC[C@@H]4CCN4)c3)c2)cc1. The van der Waals surface area contributed by atoms with Crippen molar-refractivity contribution >= 4 is 0 Å². The predicted octanol–water partition coefficient (Wildman–Crippen LogP) is 4.25. The van der Waals surface area contributed by atoms with Crippen molar-refractivity contribution in [3.63, 3.8) is 0 Å². The van der Waals surface area contributed by atoms with Gasteiger partial charge in [-0.05, 0) is 48.2 Å². The third-order valence-corrected chi connectivity index (χ3v) is 5.00. The van der Waals surface area contributed by atoms with E-state index in [-0.39, 0.29) is 0 Å². The van der Waals surface area contributed by atoms with E-state index in [1.54, 1.807) is 6.20 Å². The predicted molar refractivity (Wildman–Crippen MR) is 111 cm³/mol. The summed E-state index contributed by atoms with van der Waals surface area (Å²) in [6, 6.07) is 21.4. The highest BCUT2D eigenvalue weighted by Crippen LogP contribution is 2.24. The molecule has 0 unspecified atom stereocenters. The molecule has 0 saturated carbocycles. The Morgan fingerprint density at radius 2 is 1.79 bits per heavy atom. The summed E-state index contributed by atoms with van der Waals surface area (Å²) in [5.74, 6) is 0.815. The molecule has 2 heterocycles. The van der Waals surface area contributed by atoms with Crippen molar-refractivity contribution in [2.45, 2.75) is 25.5 Å². The van der Waals surface area contributed by atoms with Crippen LogP contribution in [-0.2, 0) is 17.8 Å². The second-order valence-corrected chi connectivity index (χ2v) is 7.15. The first-order valence-electron chi connectivity index (χ1n) is 9.89. The second kappa shape index (κ2) is 9.49. The Morgan fingerprint density at radius 3 is 2.61 bits per heavy atom. The number of hydrogen-bond donors (Lipinski definition) is 1. The van der Waals surface area contributed by atoms with E-state index >= 15 is 0 Å². The summed E-state index contributed by atoms with van der Waals surface area (Å²) < 4.78 is 11.7. The molecule has 144 valence electrons. The molecule has 0 bridgehead atoms. The highest BCUT2D eigenvalue weighted by molar-refractivity contribution is 5.64. The first-order valence-corrected chi connectivity index (χ1v) is 9.89. The average Bonchev–Trinajstić information content (AvgIpc) is 2.71. The summed E-state index contributed by atoms with van der Waals surface area (Å²) >= 11 is 0. The topological polar surface area (TPSA) is 43.4 Å². The first-order chi connectivity index (χ1) is 13.9. The number of rotatable bonds is 9. The molecule has 1 saturated heterocycles. The van der Waals surface area contributed by atoms with Crippen molar-refractivity contribution in [1.82, 2.24) is 10.3 Å². The zero-order valence-corrected chi connectivity index (χ0v) is 16.0. The van der Waals surface area contributed by atoms with Crippen molar-refractivity contribution in [1.29, 1.82) is 0 Å². The lowest BCUT2D eigenvalue weighted by Gasteiger charge is -2.27. The fourth-order valence-electron chi connectivity index (χ4n) is 3.21. The summed E-state index contributed by atoms with van der Waals surface area (Å²) in [5, 5.41) is 3.34. The number of aromatic nitrogens is 1. The van der Waals surface area contributed by atoms with Gasteiger partial charge in [0.25, 0.3) is 0 Å². The summed E-state index contributed by atoms with van der Waals surface area (Å²) in [6.07, 6.45) is 5.77. The quantitative estimate of drug-likeness (QED) is 0.569. The Morgan fingerprint density at radius 1 is 0.929 bits per heavy atom. The van der Waals surface area contributed by atoms with Crippen LogP contribution in [0.2, 0.25) is 0 Å². The molecular formula is C24H26N2O2. The Labute approximate surface area is 166 Å². The third-order valence-electron chi connectivity index (χ3n) is 5.00. The van der Waals surface area contributed by atoms with Crippen molar-refractivity contribution in [2.75, 3.05) is 19.8 Å². The lowest BCUT2D eigenvalue weighted by Crippen LogP contribution is -2.46. The van der Waals surface area contributed by atoms with Gasteiger partial charge in [-0.1, -0.05) is 48.5 Å². The van der Waals surface area contributed by atoms with E-state index in [9.17, 15) is 0 Å². The molecule has 0 aliphatic carbocycles. The fourth-order valence-corrected chi connectivity index (χ4v) is 3.21. The largest absolute Gasteiger partial charge is 0.490 e. The highest BCUT2D eigenvalue weighted by Gasteiger charge is 2.16. The van der Waals surface area contributed by atoms with Crippen LogP contribution < -0.4 is 10.1 Å². The van der Waals surface area contributed by atoms with Gasteiger partial charge in [-0.2, -0.15) is 0 Å². The summed E-state index contributed by atoms with van der Waals surface area (Å²) in [5.41, 5.74) is 4.65. The standard InChI is InChI=1S/C24H26N2O2/c1-2-5-19(6-3-1)10-12-27-17-20-7-4-8-21(13-20)22-14-24(16-25-15-22)28-18-23-9-11-26-23/h1-8,13-16,23,26H,9-12,17-18H2/t23-/m0/s1. The molecule has 2 aromatic carbocycles. The fraction of sp³-hybridized carbons (Fsp3) is 0.292. The first kappa shape index (κ1) is 18.7. The molecule has 1 N–H and O–H groups in total. The average molecular weight is 374 g/mol. The van der Waals surface area contributed by atoms with E-state index in [1.807, 2.05) is 12.3 Å². The second-order valence-electron chi connectivity index (χ2n) is 7.15. The van der Waals surface area contributed by atoms with E-state index < -0.39 is 0 Å². The molecule has 0 radical (unpaired) electrons. The van der Waals surface area contributed by atoms with Gasteiger partial charge in [-0.15, -0.1) is 0 Å². The van der Waals surface area contributed by atoms with Gasteiger partial charge in [-0.25, -0.2) is 0 Å². The van der Waals surface area contributed by atoms with Crippen LogP contribution in [0.1, 0.15) is 17.5 Å². The minimum atomic E-state index is 0.472. The van der Waals surface area contributed by atoms with Gasteiger partial charge >= 0.3 is 0 Å². The van der Waals surface area contributed by atoms with Crippen molar-refractivity contribution in [2.24, 2.45) is 0 Å². The van der Waals surface area contributed by atoms with Crippen LogP contribution in [-0.4, -0.2) is 30.8 Å². The normalized spacial score (nSPS) is 15.8. The molecule has 4 heteroatoms. The van der Waals surface area contributed by atoms with Crippen LogP contribution in [0.4, 0.5) is 0 Å². The molecule has 1 aliphatic rings. The molecule has 1 aromatic heterocycles. The molecule has 3 aromatic rings. The van der Waals surface area contributed by atoms with Gasteiger partial charge in [0.2, 0.25) is 0 Å². The Balaban J connectivity index is 1.32. The lowest BCUT2D eigenvalue weighted by atomic mass is 10.0. The number of nitrogens with zero attached hydrogens (tertiary/aromatic N) is 1.